The van der Waals surface area contributed by atoms with E-state index in [4.69, 9.17) is 9.84 Å². The molecule has 0 aliphatic carbocycles. The van der Waals surface area contributed by atoms with Gasteiger partial charge in [-0.05, 0) is 19.1 Å². The monoisotopic (exact) mass is 252 g/mol. The third-order valence-corrected chi connectivity index (χ3v) is 2.30. The summed E-state index contributed by atoms with van der Waals surface area (Å²) in [6.07, 6.45) is 0. The van der Waals surface area contributed by atoms with Crippen molar-refractivity contribution >= 4 is 5.97 Å². The smallest absolute Gasteiger partial charge is 0.342 e. The summed E-state index contributed by atoms with van der Waals surface area (Å²) in [5, 5.41) is 16.0. The van der Waals surface area contributed by atoms with E-state index in [0.29, 0.717) is 11.4 Å². The van der Waals surface area contributed by atoms with E-state index in [1.807, 2.05) is 0 Å². The van der Waals surface area contributed by atoms with Crippen LogP contribution in [0.2, 0.25) is 0 Å². The Labute approximate surface area is 101 Å². The van der Waals surface area contributed by atoms with Gasteiger partial charge in [-0.25, -0.2) is 13.8 Å². The molecular formula is C11H9FN2O4. The van der Waals surface area contributed by atoms with Crippen molar-refractivity contribution in [3.8, 4) is 5.75 Å². The highest BCUT2D eigenvalue weighted by atomic mass is 19.1. The molecule has 1 aromatic heterocycles. The predicted molar refractivity (Wildman–Crippen MR) is 56.7 cm³/mol. The molecule has 1 heterocycles. The molecule has 7 heteroatoms. The summed E-state index contributed by atoms with van der Waals surface area (Å²) in [6, 6.07) is 3.79. The standard InChI is InChI=1S/C11H9FN2O4/c1-6-8(14-18-13-6)5-17-9-4-2-3-7(12)10(9)11(15)16/h2-4H,5H2,1H3,(H,15,16). The quantitative estimate of drug-likeness (QED) is 0.892. The van der Waals surface area contributed by atoms with Crippen LogP contribution >= 0.6 is 0 Å². The minimum absolute atomic E-state index is 0.0426. The Morgan fingerprint density at radius 3 is 2.89 bits per heavy atom. The zero-order valence-electron chi connectivity index (χ0n) is 9.38. The maximum Gasteiger partial charge on any atom is 0.342 e. The first kappa shape index (κ1) is 12.0. The van der Waals surface area contributed by atoms with Crippen LogP contribution in [0.3, 0.4) is 0 Å². The topological polar surface area (TPSA) is 85.5 Å². The SMILES string of the molecule is Cc1nonc1COc1cccc(F)c1C(=O)O. The van der Waals surface area contributed by atoms with Gasteiger partial charge in [0.05, 0.1) is 0 Å². The number of carboxylic acid groups (broad SMARTS) is 1. The number of carboxylic acids is 1. The summed E-state index contributed by atoms with van der Waals surface area (Å²) in [7, 11) is 0. The van der Waals surface area contributed by atoms with Gasteiger partial charge in [0.1, 0.15) is 35.1 Å². The highest BCUT2D eigenvalue weighted by Crippen LogP contribution is 2.22. The fourth-order valence-corrected chi connectivity index (χ4v) is 1.36. The summed E-state index contributed by atoms with van der Waals surface area (Å²) in [5.74, 6) is -2.31. The lowest BCUT2D eigenvalue weighted by Gasteiger charge is -2.08. The molecule has 0 unspecified atom stereocenters. The van der Waals surface area contributed by atoms with E-state index in [1.165, 1.54) is 12.1 Å². The Morgan fingerprint density at radius 2 is 2.28 bits per heavy atom. The molecule has 18 heavy (non-hydrogen) atoms. The van der Waals surface area contributed by atoms with Crippen LogP contribution in [0.5, 0.6) is 5.75 Å². The molecule has 0 spiro atoms. The number of halogens is 1. The van der Waals surface area contributed by atoms with Gasteiger partial charge in [-0.1, -0.05) is 16.4 Å². The third-order valence-electron chi connectivity index (χ3n) is 2.30. The van der Waals surface area contributed by atoms with Crippen molar-refractivity contribution < 1.29 is 23.7 Å². The molecule has 2 rings (SSSR count). The summed E-state index contributed by atoms with van der Waals surface area (Å²) >= 11 is 0. The fraction of sp³-hybridized carbons (Fsp3) is 0.182. The molecule has 1 aromatic carbocycles. The normalized spacial score (nSPS) is 10.3. The van der Waals surface area contributed by atoms with Crippen LogP contribution < -0.4 is 4.74 Å². The van der Waals surface area contributed by atoms with Gasteiger partial charge in [-0.15, -0.1) is 0 Å². The maximum absolute atomic E-state index is 13.3. The van der Waals surface area contributed by atoms with E-state index in [1.54, 1.807) is 6.92 Å². The van der Waals surface area contributed by atoms with Gasteiger partial charge >= 0.3 is 5.97 Å². The molecular weight excluding hydrogens is 243 g/mol. The lowest BCUT2D eigenvalue weighted by molar-refractivity contribution is 0.0686. The lowest BCUT2D eigenvalue weighted by Crippen LogP contribution is -2.06. The number of benzene rings is 1. The number of nitrogens with zero attached hydrogens (tertiary/aromatic N) is 2. The van der Waals surface area contributed by atoms with Crippen LogP contribution in [0.15, 0.2) is 22.8 Å². The molecule has 0 saturated carbocycles. The highest BCUT2D eigenvalue weighted by molar-refractivity contribution is 5.91. The molecule has 0 saturated heterocycles. The number of aromatic carboxylic acids is 1. The Kier molecular flexibility index (Phi) is 3.22. The molecule has 1 N–H and O–H groups in total. The largest absolute Gasteiger partial charge is 0.486 e. The number of hydrogen-bond donors (Lipinski definition) is 1. The van der Waals surface area contributed by atoms with Gasteiger partial charge in [-0.3, -0.25) is 0 Å². The second-order valence-corrected chi connectivity index (χ2v) is 3.50. The van der Waals surface area contributed by atoms with Gasteiger partial charge < -0.3 is 9.84 Å². The zero-order chi connectivity index (χ0) is 13.1. The minimum atomic E-state index is -1.39. The first-order valence-electron chi connectivity index (χ1n) is 5.02. The molecule has 0 aliphatic heterocycles. The second-order valence-electron chi connectivity index (χ2n) is 3.50. The average Bonchev–Trinajstić information content (AvgIpc) is 2.71. The van der Waals surface area contributed by atoms with Crippen LogP contribution in [0.4, 0.5) is 4.39 Å². The summed E-state index contributed by atoms with van der Waals surface area (Å²) < 4.78 is 23.0. The number of aryl methyl sites for hydroxylation is 1. The Balaban J connectivity index is 2.22. The minimum Gasteiger partial charge on any atom is -0.486 e. The van der Waals surface area contributed by atoms with Crippen LogP contribution in [0.25, 0.3) is 0 Å². The first-order chi connectivity index (χ1) is 8.59. The van der Waals surface area contributed by atoms with Crippen LogP contribution in [0.1, 0.15) is 21.7 Å². The van der Waals surface area contributed by atoms with E-state index in [0.717, 1.165) is 6.07 Å². The van der Waals surface area contributed by atoms with Gasteiger partial charge in [0, 0.05) is 0 Å². The van der Waals surface area contributed by atoms with Gasteiger partial charge in [0.15, 0.2) is 0 Å². The van der Waals surface area contributed by atoms with E-state index >= 15 is 0 Å². The molecule has 0 fully saturated rings. The van der Waals surface area contributed by atoms with E-state index in [9.17, 15) is 9.18 Å². The molecule has 0 amide bonds. The van der Waals surface area contributed by atoms with Crippen molar-refractivity contribution in [2.45, 2.75) is 13.5 Å². The molecule has 0 bridgehead atoms. The molecule has 0 atom stereocenters. The predicted octanol–water partition coefficient (Wildman–Crippen LogP) is 1.79. The fourth-order valence-electron chi connectivity index (χ4n) is 1.36. The van der Waals surface area contributed by atoms with E-state index in [-0.39, 0.29) is 12.4 Å². The van der Waals surface area contributed by atoms with Gasteiger partial charge in [0.25, 0.3) is 0 Å². The highest BCUT2D eigenvalue weighted by Gasteiger charge is 2.17. The van der Waals surface area contributed by atoms with E-state index in [2.05, 4.69) is 14.9 Å². The van der Waals surface area contributed by atoms with Gasteiger partial charge in [-0.2, -0.15) is 0 Å². The molecule has 0 radical (unpaired) electrons. The second kappa shape index (κ2) is 4.82. The van der Waals surface area contributed by atoms with Gasteiger partial charge in [0.2, 0.25) is 0 Å². The van der Waals surface area contributed by atoms with Crippen LogP contribution in [-0.2, 0) is 6.61 Å². The molecule has 6 nitrogen and oxygen atoms in total. The molecule has 2 aromatic rings. The van der Waals surface area contributed by atoms with Crippen molar-refractivity contribution in [2.24, 2.45) is 0 Å². The third kappa shape index (κ3) is 2.29. The number of hydrogen-bond acceptors (Lipinski definition) is 5. The number of ether oxygens (including phenoxy) is 1. The molecule has 0 aliphatic rings. The first-order valence-corrected chi connectivity index (χ1v) is 5.02. The lowest BCUT2D eigenvalue weighted by atomic mass is 10.2. The summed E-state index contributed by atoms with van der Waals surface area (Å²) in [5.41, 5.74) is 0.450. The Morgan fingerprint density at radius 1 is 1.50 bits per heavy atom. The zero-order valence-corrected chi connectivity index (χ0v) is 9.38. The average molecular weight is 252 g/mol. The summed E-state index contributed by atoms with van der Waals surface area (Å²) in [6.45, 7) is 1.62. The Bertz CT molecular complexity index is 582. The van der Waals surface area contributed by atoms with Crippen LogP contribution in [-0.4, -0.2) is 21.4 Å². The van der Waals surface area contributed by atoms with Crippen molar-refractivity contribution in [2.75, 3.05) is 0 Å². The van der Waals surface area contributed by atoms with Crippen LogP contribution in [0, 0.1) is 12.7 Å². The van der Waals surface area contributed by atoms with E-state index < -0.39 is 17.3 Å². The summed E-state index contributed by atoms with van der Waals surface area (Å²) in [4.78, 5) is 10.9. The number of carbonyl (C=O) groups is 1. The van der Waals surface area contributed by atoms with Crippen molar-refractivity contribution in [1.29, 1.82) is 0 Å². The molecule has 94 valence electrons. The van der Waals surface area contributed by atoms with Crippen molar-refractivity contribution in [1.82, 2.24) is 10.3 Å². The van der Waals surface area contributed by atoms with Crippen molar-refractivity contribution in [3.05, 3.63) is 41.0 Å². The number of rotatable bonds is 4. The number of aromatic nitrogens is 2. The van der Waals surface area contributed by atoms with Crippen molar-refractivity contribution in [3.63, 3.8) is 0 Å². The Hall–Kier alpha value is -2.44. The maximum atomic E-state index is 13.3.